The molecule has 0 aliphatic rings. The van der Waals surface area contributed by atoms with Crippen molar-refractivity contribution in [1.29, 1.82) is 0 Å². The largest absolute Gasteiger partial charge is 0.337 e. The second-order valence-corrected chi connectivity index (χ2v) is 4.94. The summed E-state index contributed by atoms with van der Waals surface area (Å²) < 4.78 is 6.88. The van der Waals surface area contributed by atoms with E-state index in [-0.39, 0.29) is 6.04 Å². The van der Waals surface area contributed by atoms with Crippen LogP contribution >= 0.6 is 0 Å². The Balaban J connectivity index is 1.94. The van der Waals surface area contributed by atoms with Crippen molar-refractivity contribution >= 4 is 0 Å². The Morgan fingerprint density at radius 3 is 2.95 bits per heavy atom. The molecule has 1 unspecified atom stereocenters. The average Bonchev–Trinajstić information content (AvgIpc) is 3.07. The summed E-state index contributed by atoms with van der Waals surface area (Å²) in [4.78, 5) is 4.34. The summed E-state index contributed by atoms with van der Waals surface area (Å²) in [6.07, 6.45) is 6.81. The Morgan fingerprint density at radius 1 is 1.35 bits per heavy atom. The molecule has 7 nitrogen and oxygen atoms in total. The van der Waals surface area contributed by atoms with Crippen molar-refractivity contribution in [2.45, 2.75) is 58.5 Å². The second-order valence-electron chi connectivity index (χ2n) is 4.94. The monoisotopic (exact) mass is 278 g/mol. The highest BCUT2D eigenvalue weighted by Crippen LogP contribution is 2.12. The highest BCUT2D eigenvalue weighted by atomic mass is 16.5. The Morgan fingerprint density at radius 2 is 2.20 bits per heavy atom. The highest BCUT2D eigenvalue weighted by molar-refractivity contribution is 5.00. The fourth-order valence-electron chi connectivity index (χ4n) is 1.95. The van der Waals surface area contributed by atoms with E-state index in [2.05, 4.69) is 34.3 Å². The van der Waals surface area contributed by atoms with E-state index in [1.807, 2.05) is 6.20 Å². The lowest BCUT2D eigenvalue weighted by molar-refractivity contribution is 0.359. The number of rotatable bonds is 8. The maximum Gasteiger partial charge on any atom is 0.248 e. The fourth-order valence-corrected chi connectivity index (χ4v) is 1.95. The molecule has 2 aromatic rings. The minimum absolute atomic E-state index is 0.0587. The first-order valence-electron chi connectivity index (χ1n) is 7.20. The number of hydrogen-bond donors (Lipinski definition) is 1. The van der Waals surface area contributed by atoms with Crippen molar-refractivity contribution in [1.82, 2.24) is 25.1 Å². The normalized spacial score (nSPS) is 12.8. The predicted molar refractivity (Wildman–Crippen MR) is 73.9 cm³/mol. The lowest BCUT2D eigenvalue weighted by atomic mass is 10.1. The Kier molecular flexibility index (Phi) is 5.23. The molecule has 2 N–H and O–H groups in total. The van der Waals surface area contributed by atoms with Crippen LogP contribution in [0, 0.1) is 0 Å². The molecule has 0 aromatic carbocycles. The van der Waals surface area contributed by atoms with Gasteiger partial charge in [-0.3, -0.25) is 0 Å². The average molecular weight is 278 g/mol. The van der Waals surface area contributed by atoms with Gasteiger partial charge in [0.1, 0.15) is 6.54 Å². The molecule has 0 fully saturated rings. The fraction of sp³-hybridized carbons (Fsp3) is 0.692. The smallest absolute Gasteiger partial charge is 0.248 e. The van der Waals surface area contributed by atoms with Crippen molar-refractivity contribution in [3.63, 3.8) is 0 Å². The number of aryl methyl sites for hydroxylation is 1. The van der Waals surface area contributed by atoms with Gasteiger partial charge in [0.2, 0.25) is 5.89 Å². The number of aromatic nitrogens is 5. The summed E-state index contributed by atoms with van der Waals surface area (Å²) in [6, 6.07) is -0.0587. The van der Waals surface area contributed by atoms with E-state index in [1.54, 1.807) is 4.68 Å². The van der Waals surface area contributed by atoms with Crippen LogP contribution in [0.1, 0.15) is 63.0 Å². The summed E-state index contributed by atoms with van der Waals surface area (Å²) >= 11 is 0. The van der Waals surface area contributed by atoms with E-state index < -0.39 is 0 Å². The standard InChI is InChI=1S/C13H22N6O/c1-3-5-7-12-15-13(20-17-12)9-19-8-11(16-18-19)10(14)6-4-2/h8,10H,3-7,9,14H2,1-2H3. The summed E-state index contributed by atoms with van der Waals surface area (Å²) in [5, 5.41) is 12.1. The second kappa shape index (κ2) is 7.14. The van der Waals surface area contributed by atoms with Gasteiger partial charge in [-0.05, 0) is 12.8 Å². The van der Waals surface area contributed by atoms with E-state index >= 15 is 0 Å². The third-order valence-electron chi connectivity index (χ3n) is 3.10. The van der Waals surface area contributed by atoms with E-state index in [4.69, 9.17) is 10.3 Å². The minimum atomic E-state index is -0.0587. The van der Waals surface area contributed by atoms with Gasteiger partial charge in [0.25, 0.3) is 0 Å². The van der Waals surface area contributed by atoms with Crippen LogP contribution in [0.4, 0.5) is 0 Å². The van der Waals surface area contributed by atoms with Crippen molar-refractivity contribution in [3.8, 4) is 0 Å². The summed E-state index contributed by atoms with van der Waals surface area (Å²) in [5.41, 5.74) is 6.81. The third kappa shape index (κ3) is 3.86. The van der Waals surface area contributed by atoms with Crippen molar-refractivity contribution in [2.24, 2.45) is 5.73 Å². The quantitative estimate of drug-likeness (QED) is 0.791. The van der Waals surface area contributed by atoms with E-state index in [0.717, 1.165) is 43.6 Å². The van der Waals surface area contributed by atoms with Crippen molar-refractivity contribution in [2.75, 3.05) is 0 Å². The van der Waals surface area contributed by atoms with E-state index in [1.165, 1.54) is 0 Å². The Hall–Kier alpha value is -1.76. The molecular formula is C13H22N6O. The Labute approximate surface area is 118 Å². The van der Waals surface area contributed by atoms with Crippen LogP contribution in [0.15, 0.2) is 10.7 Å². The van der Waals surface area contributed by atoms with E-state index in [9.17, 15) is 0 Å². The molecule has 0 aliphatic heterocycles. The number of nitrogens with two attached hydrogens (primary N) is 1. The zero-order valence-corrected chi connectivity index (χ0v) is 12.1. The van der Waals surface area contributed by atoms with Gasteiger partial charge in [-0.2, -0.15) is 4.98 Å². The van der Waals surface area contributed by atoms with Crippen LogP contribution in [-0.2, 0) is 13.0 Å². The van der Waals surface area contributed by atoms with Crippen molar-refractivity contribution < 1.29 is 4.52 Å². The molecule has 110 valence electrons. The summed E-state index contributed by atoms with van der Waals surface area (Å²) in [7, 11) is 0. The maximum absolute atomic E-state index is 6.00. The summed E-state index contributed by atoms with van der Waals surface area (Å²) in [6.45, 7) is 4.67. The van der Waals surface area contributed by atoms with Crippen LogP contribution in [-0.4, -0.2) is 25.1 Å². The van der Waals surface area contributed by atoms with Crippen LogP contribution in [0.25, 0.3) is 0 Å². The van der Waals surface area contributed by atoms with Crippen LogP contribution < -0.4 is 5.73 Å². The molecule has 0 amide bonds. The van der Waals surface area contributed by atoms with Gasteiger partial charge >= 0.3 is 0 Å². The molecule has 0 aliphatic carbocycles. The number of hydrogen-bond acceptors (Lipinski definition) is 6. The molecule has 0 saturated heterocycles. The molecule has 2 heterocycles. The molecular weight excluding hydrogens is 256 g/mol. The van der Waals surface area contributed by atoms with Crippen LogP contribution in [0.2, 0.25) is 0 Å². The van der Waals surface area contributed by atoms with Gasteiger partial charge in [0.15, 0.2) is 5.82 Å². The van der Waals surface area contributed by atoms with Crippen LogP contribution in [0.5, 0.6) is 0 Å². The molecule has 20 heavy (non-hydrogen) atoms. The molecule has 0 spiro atoms. The molecule has 7 heteroatoms. The van der Waals surface area contributed by atoms with Gasteiger partial charge < -0.3 is 10.3 Å². The molecule has 0 bridgehead atoms. The molecule has 2 aromatic heterocycles. The minimum Gasteiger partial charge on any atom is -0.337 e. The lowest BCUT2D eigenvalue weighted by Crippen LogP contribution is -2.10. The van der Waals surface area contributed by atoms with Crippen molar-refractivity contribution in [3.05, 3.63) is 23.6 Å². The zero-order chi connectivity index (χ0) is 14.4. The van der Waals surface area contributed by atoms with Gasteiger partial charge in [-0.25, -0.2) is 4.68 Å². The van der Waals surface area contributed by atoms with Crippen LogP contribution in [0.3, 0.4) is 0 Å². The predicted octanol–water partition coefficient (Wildman–Crippen LogP) is 1.85. The molecule has 0 saturated carbocycles. The Bertz CT molecular complexity index is 520. The number of nitrogens with zero attached hydrogens (tertiary/aromatic N) is 5. The number of unbranched alkanes of at least 4 members (excludes halogenated alkanes) is 1. The SMILES string of the molecule is CCCCc1noc(Cn2cc(C(N)CCC)nn2)n1. The summed E-state index contributed by atoms with van der Waals surface area (Å²) in [5.74, 6) is 1.31. The third-order valence-corrected chi connectivity index (χ3v) is 3.10. The highest BCUT2D eigenvalue weighted by Gasteiger charge is 2.12. The van der Waals surface area contributed by atoms with Gasteiger partial charge in [0.05, 0.1) is 17.9 Å². The first-order chi connectivity index (χ1) is 9.72. The molecule has 2 rings (SSSR count). The lowest BCUT2D eigenvalue weighted by Gasteiger charge is -2.04. The van der Waals surface area contributed by atoms with Gasteiger partial charge in [0, 0.05) is 6.42 Å². The topological polar surface area (TPSA) is 95.7 Å². The molecule has 1 atom stereocenters. The first-order valence-corrected chi connectivity index (χ1v) is 7.20. The van der Waals surface area contributed by atoms with Gasteiger partial charge in [-0.1, -0.05) is 37.1 Å². The van der Waals surface area contributed by atoms with Gasteiger partial charge in [-0.15, -0.1) is 5.10 Å². The molecule has 0 radical (unpaired) electrons. The first kappa shape index (κ1) is 14.6. The van der Waals surface area contributed by atoms with E-state index in [0.29, 0.717) is 12.4 Å². The zero-order valence-electron chi connectivity index (χ0n) is 12.1. The maximum atomic E-state index is 6.00.